The van der Waals surface area contributed by atoms with Crippen LogP contribution in [0.4, 0.5) is 11.4 Å². The van der Waals surface area contributed by atoms with E-state index in [0.29, 0.717) is 10.7 Å². The van der Waals surface area contributed by atoms with Gasteiger partial charge in [-0.25, -0.2) is 0 Å². The molecule has 0 fully saturated rings. The van der Waals surface area contributed by atoms with Crippen molar-refractivity contribution in [1.82, 2.24) is 0 Å². The number of nitrogens with zero attached hydrogens (tertiary/aromatic N) is 2. The van der Waals surface area contributed by atoms with E-state index in [1.54, 1.807) is 23.1 Å². The zero-order chi connectivity index (χ0) is 9.14. The first-order valence-electron chi connectivity index (χ1n) is 3.46. The summed E-state index contributed by atoms with van der Waals surface area (Å²) in [6.45, 7) is 0. The molecule has 0 radical (unpaired) electrons. The van der Waals surface area contributed by atoms with Crippen molar-refractivity contribution in [2.75, 3.05) is 19.0 Å². The number of rotatable bonds is 2. The first-order chi connectivity index (χ1) is 5.66. The van der Waals surface area contributed by atoms with Crippen molar-refractivity contribution in [1.29, 1.82) is 0 Å². The van der Waals surface area contributed by atoms with E-state index >= 15 is 0 Å². The summed E-state index contributed by atoms with van der Waals surface area (Å²) in [6.07, 6.45) is 0. The number of benzene rings is 1. The van der Waals surface area contributed by atoms with Crippen molar-refractivity contribution in [3.05, 3.63) is 28.1 Å². The van der Waals surface area contributed by atoms with Crippen molar-refractivity contribution in [2.24, 2.45) is 5.18 Å². The van der Waals surface area contributed by atoms with Crippen LogP contribution in [0.1, 0.15) is 0 Å². The highest BCUT2D eigenvalue weighted by molar-refractivity contribution is 6.33. The molecule has 1 aromatic carbocycles. The Labute approximate surface area is 88.1 Å². The normalized spacial score (nSPS) is 8.85. The van der Waals surface area contributed by atoms with E-state index in [4.69, 9.17) is 11.6 Å². The molecule has 0 aliphatic carbocycles. The van der Waals surface area contributed by atoms with Crippen molar-refractivity contribution in [2.45, 2.75) is 0 Å². The molecule has 0 aliphatic heterocycles. The van der Waals surface area contributed by atoms with E-state index in [9.17, 15) is 4.91 Å². The van der Waals surface area contributed by atoms with Gasteiger partial charge >= 0.3 is 0 Å². The zero-order valence-corrected chi connectivity index (χ0v) is 8.89. The molecule has 13 heavy (non-hydrogen) atoms. The van der Waals surface area contributed by atoms with Crippen LogP contribution in [0.5, 0.6) is 0 Å². The van der Waals surface area contributed by atoms with E-state index < -0.39 is 0 Å². The molecule has 5 heteroatoms. The maximum atomic E-state index is 10.4. The average Bonchev–Trinajstić information content (AvgIpc) is 2.03. The summed E-state index contributed by atoms with van der Waals surface area (Å²) in [5.74, 6) is 0. The lowest BCUT2D eigenvalue weighted by Gasteiger charge is -2.13. The molecule has 0 unspecified atom stereocenters. The van der Waals surface area contributed by atoms with Gasteiger partial charge in [-0.3, -0.25) is 0 Å². The maximum absolute atomic E-state index is 10.4. The second-order valence-electron chi connectivity index (χ2n) is 2.59. The van der Waals surface area contributed by atoms with Crippen LogP contribution in [0, 0.1) is 4.91 Å². The van der Waals surface area contributed by atoms with E-state index in [0.717, 1.165) is 5.69 Å². The third-order valence-electron chi connectivity index (χ3n) is 1.54. The average molecular weight is 221 g/mol. The van der Waals surface area contributed by atoms with Crippen LogP contribution in [0.2, 0.25) is 5.02 Å². The molecule has 0 spiro atoms. The molecule has 0 aromatic heterocycles. The molecule has 3 nitrogen and oxygen atoms in total. The quantitative estimate of drug-likeness (QED) is 0.718. The minimum Gasteiger partial charge on any atom is -0.376 e. The third kappa shape index (κ3) is 2.57. The van der Waals surface area contributed by atoms with Gasteiger partial charge in [-0.2, -0.15) is 0 Å². The molecule has 0 amide bonds. The lowest BCUT2D eigenvalue weighted by molar-refractivity contribution is 1.13. The van der Waals surface area contributed by atoms with Crippen LogP contribution in [0.25, 0.3) is 0 Å². The molecule has 0 N–H and O–H groups in total. The molecule has 1 aromatic rings. The number of nitroso groups, excluding NO2 is 1. The van der Waals surface area contributed by atoms with E-state index in [1.165, 1.54) is 0 Å². The van der Waals surface area contributed by atoms with Crippen LogP contribution in [-0.2, 0) is 0 Å². The topological polar surface area (TPSA) is 32.7 Å². The number of hydrogen-bond acceptors (Lipinski definition) is 3. The van der Waals surface area contributed by atoms with Gasteiger partial charge in [-0.05, 0) is 17.3 Å². The fraction of sp³-hybridized carbons (Fsp3) is 0.250. The van der Waals surface area contributed by atoms with Gasteiger partial charge in [-0.1, -0.05) is 17.7 Å². The van der Waals surface area contributed by atoms with Crippen molar-refractivity contribution >= 4 is 35.4 Å². The van der Waals surface area contributed by atoms with Gasteiger partial charge in [0.15, 0.2) is 0 Å². The van der Waals surface area contributed by atoms with Crippen LogP contribution in [-0.4, -0.2) is 14.1 Å². The van der Waals surface area contributed by atoms with Gasteiger partial charge < -0.3 is 4.90 Å². The molecule has 0 bridgehead atoms. The minimum atomic E-state index is 0. The molecule has 0 heterocycles. The fourth-order valence-electron chi connectivity index (χ4n) is 0.955. The highest BCUT2D eigenvalue weighted by atomic mass is 35.5. The van der Waals surface area contributed by atoms with Gasteiger partial charge in [0, 0.05) is 14.1 Å². The Balaban J connectivity index is 0.00000144. The summed E-state index contributed by atoms with van der Waals surface area (Å²) in [6, 6.07) is 5.22. The molecule has 0 saturated carbocycles. The number of hydrogen-bond donors (Lipinski definition) is 0. The number of halogens is 2. The summed E-state index contributed by atoms with van der Waals surface area (Å²) in [5.41, 5.74) is 1.03. The van der Waals surface area contributed by atoms with Crippen LogP contribution in [0.3, 0.4) is 0 Å². The second kappa shape index (κ2) is 5.04. The van der Waals surface area contributed by atoms with Gasteiger partial charge in [-0.15, -0.1) is 17.3 Å². The Hall–Kier alpha value is -0.800. The van der Waals surface area contributed by atoms with Gasteiger partial charge in [0.25, 0.3) is 0 Å². The lowest BCUT2D eigenvalue weighted by atomic mass is 10.2. The molecular weight excluding hydrogens is 211 g/mol. The molecule has 72 valence electrons. The van der Waals surface area contributed by atoms with Crippen LogP contribution >= 0.6 is 24.0 Å². The first kappa shape index (κ1) is 12.2. The predicted octanol–water partition coefficient (Wildman–Crippen LogP) is 3.23. The Morgan fingerprint density at radius 1 is 1.38 bits per heavy atom. The summed E-state index contributed by atoms with van der Waals surface area (Å²) < 4.78 is 0. The van der Waals surface area contributed by atoms with E-state index in [1.807, 2.05) is 14.1 Å². The Morgan fingerprint density at radius 3 is 2.38 bits per heavy atom. The van der Waals surface area contributed by atoms with Gasteiger partial charge in [0.05, 0.1) is 10.7 Å². The third-order valence-corrected chi connectivity index (χ3v) is 1.84. The van der Waals surface area contributed by atoms with Crippen molar-refractivity contribution in [3.63, 3.8) is 0 Å². The highest BCUT2D eigenvalue weighted by Crippen LogP contribution is 2.34. The Kier molecular flexibility index (Phi) is 4.73. The Morgan fingerprint density at radius 2 is 2.00 bits per heavy atom. The molecule has 0 saturated heterocycles. The Bertz CT molecular complexity index is 302. The summed E-state index contributed by atoms with van der Waals surface area (Å²) >= 11 is 5.75. The SMILES string of the molecule is CN(C)c1cccc(Cl)c1N=O.Cl. The smallest absolute Gasteiger partial charge is 0.149 e. The standard InChI is InChI=1S/C8H9ClN2O.ClH/c1-11(2)7-5-3-4-6(9)8(7)10-12;/h3-5H,1-2H3;1H. The van der Waals surface area contributed by atoms with E-state index in [-0.39, 0.29) is 12.4 Å². The fourth-order valence-corrected chi connectivity index (χ4v) is 1.16. The van der Waals surface area contributed by atoms with Gasteiger partial charge in [0.1, 0.15) is 5.69 Å². The molecular formula is C8H10Cl2N2O. The predicted molar refractivity (Wildman–Crippen MR) is 58.5 cm³/mol. The summed E-state index contributed by atoms with van der Waals surface area (Å²) in [4.78, 5) is 12.2. The monoisotopic (exact) mass is 220 g/mol. The maximum Gasteiger partial charge on any atom is 0.149 e. The van der Waals surface area contributed by atoms with Crippen LogP contribution < -0.4 is 4.90 Å². The van der Waals surface area contributed by atoms with Gasteiger partial charge in [0.2, 0.25) is 0 Å². The van der Waals surface area contributed by atoms with Crippen molar-refractivity contribution < 1.29 is 0 Å². The van der Waals surface area contributed by atoms with Crippen molar-refractivity contribution in [3.8, 4) is 0 Å². The summed E-state index contributed by atoms with van der Waals surface area (Å²) in [7, 11) is 3.67. The first-order valence-corrected chi connectivity index (χ1v) is 3.84. The minimum absolute atomic E-state index is 0. The zero-order valence-electron chi connectivity index (χ0n) is 7.32. The molecule has 0 aliphatic rings. The molecule has 0 atom stereocenters. The number of anilines is 1. The highest BCUT2D eigenvalue weighted by Gasteiger charge is 2.07. The second-order valence-corrected chi connectivity index (χ2v) is 3.00. The summed E-state index contributed by atoms with van der Waals surface area (Å²) in [5, 5.41) is 3.25. The molecule has 1 rings (SSSR count). The van der Waals surface area contributed by atoms with Crippen LogP contribution in [0.15, 0.2) is 23.4 Å². The largest absolute Gasteiger partial charge is 0.376 e. The van der Waals surface area contributed by atoms with E-state index in [2.05, 4.69) is 5.18 Å². The lowest BCUT2D eigenvalue weighted by Crippen LogP contribution is -2.08.